The third-order valence-corrected chi connectivity index (χ3v) is 2.75. The van der Waals surface area contributed by atoms with Crippen molar-refractivity contribution in [3.63, 3.8) is 0 Å². The quantitative estimate of drug-likeness (QED) is 0.659. The van der Waals surface area contributed by atoms with Crippen LogP contribution in [0.4, 0.5) is 0 Å². The van der Waals surface area contributed by atoms with E-state index in [4.69, 9.17) is 8.83 Å². The number of furan rings is 2. The van der Waals surface area contributed by atoms with E-state index in [-0.39, 0.29) is 5.75 Å². The monoisotopic (exact) mass is 218 g/mol. The summed E-state index contributed by atoms with van der Waals surface area (Å²) < 4.78 is 10.5. The summed E-state index contributed by atoms with van der Waals surface area (Å²) in [5, 5.41) is 21.0. The second kappa shape index (κ2) is 3.02. The highest BCUT2D eigenvalue weighted by Gasteiger charge is 2.20. The van der Waals surface area contributed by atoms with Gasteiger partial charge in [-0.25, -0.2) is 0 Å². The van der Waals surface area contributed by atoms with Crippen molar-refractivity contribution in [2.75, 3.05) is 0 Å². The fraction of sp³-hybridized carbons (Fsp3) is 0.167. The minimum absolute atomic E-state index is 0.0492. The van der Waals surface area contributed by atoms with Crippen molar-refractivity contribution in [1.29, 1.82) is 0 Å². The lowest BCUT2D eigenvalue weighted by molar-refractivity contribution is 0.201. The van der Waals surface area contributed by atoms with Crippen LogP contribution in [0.3, 0.4) is 0 Å². The molecule has 1 aromatic carbocycles. The lowest BCUT2D eigenvalue weighted by atomic mass is 10.0. The van der Waals surface area contributed by atoms with Crippen molar-refractivity contribution in [3.8, 4) is 5.75 Å². The number of aliphatic hydroxyl groups is 1. The molecule has 0 aliphatic heterocycles. The fourth-order valence-corrected chi connectivity index (χ4v) is 2.07. The number of hydrogen-bond acceptors (Lipinski definition) is 4. The number of phenols is 1. The second-order valence-corrected chi connectivity index (χ2v) is 3.77. The van der Waals surface area contributed by atoms with E-state index in [1.54, 1.807) is 19.1 Å². The summed E-state index contributed by atoms with van der Waals surface area (Å²) in [6.45, 7) is 1.65. The molecule has 0 bridgehead atoms. The number of rotatable bonds is 1. The first-order valence-electron chi connectivity index (χ1n) is 4.97. The van der Waals surface area contributed by atoms with Crippen molar-refractivity contribution < 1.29 is 19.0 Å². The lowest BCUT2D eigenvalue weighted by Crippen LogP contribution is -1.92. The second-order valence-electron chi connectivity index (χ2n) is 3.77. The van der Waals surface area contributed by atoms with E-state index in [1.165, 1.54) is 12.5 Å². The van der Waals surface area contributed by atoms with Gasteiger partial charge in [0.05, 0.1) is 24.0 Å². The molecule has 0 saturated carbocycles. The Labute approximate surface area is 90.7 Å². The average Bonchev–Trinajstić information content (AvgIpc) is 2.84. The molecule has 1 atom stereocenters. The van der Waals surface area contributed by atoms with Gasteiger partial charge in [0.15, 0.2) is 11.3 Å². The molecule has 2 heterocycles. The number of benzene rings is 1. The normalized spacial score (nSPS) is 13.6. The van der Waals surface area contributed by atoms with Crippen LogP contribution >= 0.6 is 0 Å². The Bertz CT molecular complexity index is 608. The molecular weight excluding hydrogens is 208 g/mol. The minimum atomic E-state index is -0.686. The topological polar surface area (TPSA) is 66.7 Å². The predicted molar refractivity (Wildman–Crippen MR) is 58.3 cm³/mol. The van der Waals surface area contributed by atoms with E-state index < -0.39 is 6.10 Å². The average molecular weight is 218 g/mol. The Morgan fingerprint density at radius 3 is 2.38 bits per heavy atom. The summed E-state index contributed by atoms with van der Waals surface area (Å²) in [5.41, 5.74) is 1.52. The molecule has 4 nitrogen and oxygen atoms in total. The number of hydrogen-bond donors (Lipinski definition) is 2. The van der Waals surface area contributed by atoms with Crippen molar-refractivity contribution in [2.24, 2.45) is 0 Å². The summed E-state index contributed by atoms with van der Waals surface area (Å²) in [4.78, 5) is 0. The van der Waals surface area contributed by atoms with Gasteiger partial charge in [-0.15, -0.1) is 0 Å². The molecule has 2 N–H and O–H groups in total. The summed E-state index contributed by atoms with van der Waals surface area (Å²) in [7, 11) is 0. The molecule has 1 unspecified atom stereocenters. The molecule has 82 valence electrons. The van der Waals surface area contributed by atoms with Gasteiger partial charge < -0.3 is 19.0 Å². The van der Waals surface area contributed by atoms with Gasteiger partial charge in [0.1, 0.15) is 5.58 Å². The molecule has 3 aromatic rings. The summed E-state index contributed by atoms with van der Waals surface area (Å²) in [5.74, 6) is 0.0492. The van der Waals surface area contributed by atoms with Crippen LogP contribution in [0.2, 0.25) is 0 Å². The van der Waals surface area contributed by atoms with Gasteiger partial charge >= 0.3 is 0 Å². The van der Waals surface area contributed by atoms with E-state index in [0.29, 0.717) is 27.5 Å². The van der Waals surface area contributed by atoms with E-state index in [0.717, 1.165) is 0 Å². The van der Waals surface area contributed by atoms with Crippen LogP contribution in [-0.2, 0) is 0 Å². The Morgan fingerprint density at radius 2 is 1.69 bits per heavy atom. The molecule has 0 aliphatic rings. The number of phenolic OH excluding ortho intramolecular Hbond substituents is 1. The van der Waals surface area contributed by atoms with Gasteiger partial charge in [-0.1, -0.05) is 0 Å². The molecular formula is C12H10O4. The number of fused-ring (bicyclic) bond motifs is 2. The van der Waals surface area contributed by atoms with Crippen LogP contribution in [0.15, 0.2) is 33.5 Å². The maximum Gasteiger partial charge on any atom is 0.176 e. The van der Waals surface area contributed by atoms with Crippen molar-refractivity contribution in [2.45, 2.75) is 13.0 Å². The predicted octanol–water partition coefficient (Wildman–Crippen LogP) is 2.94. The maximum atomic E-state index is 9.96. The molecule has 4 heteroatoms. The molecule has 0 aliphatic carbocycles. The molecule has 0 spiro atoms. The SMILES string of the molecule is CC(O)c1c2ccoc2c(O)c2ccoc12. The number of aliphatic hydroxyl groups excluding tert-OH is 1. The van der Waals surface area contributed by atoms with Gasteiger partial charge in [-0.2, -0.15) is 0 Å². The largest absolute Gasteiger partial charge is 0.504 e. The highest BCUT2D eigenvalue weighted by atomic mass is 16.4. The van der Waals surface area contributed by atoms with E-state index in [9.17, 15) is 10.2 Å². The third-order valence-electron chi connectivity index (χ3n) is 2.75. The zero-order valence-corrected chi connectivity index (χ0v) is 8.60. The molecule has 3 rings (SSSR count). The Balaban J connectivity index is 2.62. The zero-order chi connectivity index (χ0) is 11.3. The van der Waals surface area contributed by atoms with E-state index >= 15 is 0 Å². The Kier molecular flexibility index (Phi) is 1.76. The summed E-state index contributed by atoms with van der Waals surface area (Å²) >= 11 is 0. The highest BCUT2D eigenvalue weighted by Crippen LogP contribution is 2.40. The van der Waals surface area contributed by atoms with Gasteiger partial charge in [-0.05, 0) is 19.1 Å². The van der Waals surface area contributed by atoms with Gasteiger partial charge in [0.2, 0.25) is 0 Å². The van der Waals surface area contributed by atoms with Gasteiger partial charge in [0.25, 0.3) is 0 Å². The minimum Gasteiger partial charge on any atom is -0.504 e. The van der Waals surface area contributed by atoms with Crippen LogP contribution in [0, 0.1) is 0 Å². The maximum absolute atomic E-state index is 9.96. The first-order valence-corrected chi connectivity index (χ1v) is 4.97. The van der Waals surface area contributed by atoms with Gasteiger partial charge in [0, 0.05) is 10.9 Å². The molecule has 2 aromatic heterocycles. The van der Waals surface area contributed by atoms with E-state index in [1.807, 2.05) is 0 Å². The van der Waals surface area contributed by atoms with Crippen molar-refractivity contribution in [3.05, 3.63) is 30.2 Å². The molecule has 0 amide bonds. The van der Waals surface area contributed by atoms with Crippen LogP contribution < -0.4 is 0 Å². The van der Waals surface area contributed by atoms with Crippen LogP contribution in [-0.4, -0.2) is 10.2 Å². The molecule has 16 heavy (non-hydrogen) atoms. The smallest absolute Gasteiger partial charge is 0.176 e. The van der Waals surface area contributed by atoms with E-state index in [2.05, 4.69) is 0 Å². The summed E-state index contributed by atoms with van der Waals surface area (Å²) in [6, 6.07) is 3.36. The zero-order valence-electron chi connectivity index (χ0n) is 8.60. The molecule has 0 fully saturated rings. The highest BCUT2D eigenvalue weighted by molar-refractivity contribution is 6.04. The van der Waals surface area contributed by atoms with Gasteiger partial charge in [-0.3, -0.25) is 0 Å². The fourth-order valence-electron chi connectivity index (χ4n) is 2.07. The first-order chi connectivity index (χ1) is 7.70. The lowest BCUT2D eigenvalue weighted by Gasteiger charge is -2.08. The van der Waals surface area contributed by atoms with Crippen molar-refractivity contribution in [1.82, 2.24) is 0 Å². The van der Waals surface area contributed by atoms with Crippen LogP contribution in [0.25, 0.3) is 21.9 Å². The van der Waals surface area contributed by atoms with Crippen LogP contribution in [0.1, 0.15) is 18.6 Å². The summed E-state index contributed by atoms with van der Waals surface area (Å²) in [6.07, 6.45) is 2.28. The number of aromatic hydroxyl groups is 1. The third kappa shape index (κ3) is 1.02. The van der Waals surface area contributed by atoms with Crippen LogP contribution in [0.5, 0.6) is 5.75 Å². The Morgan fingerprint density at radius 1 is 1.06 bits per heavy atom. The molecule has 0 radical (unpaired) electrons. The standard InChI is InChI=1S/C12H10O4/c1-6(13)9-7-2-4-16-12(7)10(14)8-3-5-15-11(8)9/h2-6,13-14H,1H3. The van der Waals surface area contributed by atoms with Crippen molar-refractivity contribution >= 4 is 21.9 Å². The molecule has 0 saturated heterocycles. The Hall–Kier alpha value is -1.94. The first kappa shape index (κ1) is 9.30.